The molecule has 0 radical (unpaired) electrons. The van der Waals surface area contributed by atoms with E-state index in [0.29, 0.717) is 44.9 Å². The van der Waals surface area contributed by atoms with E-state index >= 15 is 0 Å². The number of terminal acetylenes is 1. The Labute approximate surface area is 296 Å². The van der Waals surface area contributed by atoms with Crippen LogP contribution in [0.4, 0.5) is 0 Å². The van der Waals surface area contributed by atoms with Gasteiger partial charge < -0.3 is 23.7 Å². The van der Waals surface area contributed by atoms with Crippen molar-refractivity contribution in [3.8, 4) is 18.1 Å². The molecule has 11 nitrogen and oxygen atoms in total. The molecule has 1 saturated heterocycles. The quantitative estimate of drug-likeness (QED) is 0.112. The van der Waals surface area contributed by atoms with Crippen molar-refractivity contribution < 1.29 is 42.9 Å². The van der Waals surface area contributed by atoms with Crippen molar-refractivity contribution >= 4 is 23.6 Å². The first kappa shape index (κ1) is 40.2. The topological polar surface area (TPSA) is 121 Å². The maximum atomic E-state index is 14.7. The number of rotatable bonds is 20. The van der Waals surface area contributed by atoms with Gasteiger partial charge in [0.05, 0.1) is 26.9 Å². The second kappa shape index (κ2) is 20.4. The highest BCUT2D eigenvalue weighted by molar-refractivity contribution is 5.90. The zero-order chi connectivity index (χ0) is 36.5. The number of esters is 2. The number of morpholine rings is 1. The number of Topliss-reactive ketones (excluding diaryl/α,β-unsaturated/α-hetero) is 1. The van der Waals surface area contributed by atoms with Gasteiger partial charge in [0, 0.05) is 25.4 Å². The van der Waals surface area contributed by atoms with Crippen molar-refractivity contribution in [1.82, 2.24) is 9.80 Å². The van der Waals surface area contributed by atoms with E-state index in [1.165, 1.54) is 18.7 Å². The number of ether oxygens (including phenoxy) is 5. The first-order valence-electron chi connectivity index (χ1n) is 17.1. The summed E-state index contributed by atoms with van der Waals surface area (Å²) in [5.41, 5.74) is 0.326. The molecule has 0 aliphatic carbocycles. The second-order valence-corrected chi connectivity index (χ2v) is 13.3. The van der Waals surface area contributed by atoms with Crippen LogP contribution in [0.2, 0.25) is 0 Å². The maximum absolute atomic E-state index is 14.7. The Morgan fingerprint density at radius 3 is 2.28 bits per heavy atom. The number of hydrogen-bond donors (Lipinski definition) is 0. The molecule has 272 valence electrons. The minimum atomic E-state index is -1.41. The van der Waals surface area contributed by atoms with Gasteiger partial charge in [0.15, 0.2) is 12.3 Å². The summed E-state index contributed by atoms with van der Waals surface area (Å²) in [6.45, 7) is 8.70. The molecule has 1 heterocycles. The van der Waals surface area contributed by atoms with E-state index in [1.54, 1.807) is 31.4 Å². The zero-order valence-corrected chi connectivity index (χ0v) is 30.1. The average Bonchev–Trinajstić information content (AvgIpc) is 3.11. The lowest BCUT2D eigenvalue weighted by Gasteiger charge is -2.34. The molecule has 1 aliphatic heterocycles. The predicted octanol–water partition coefficient (Wildman–Crippen LogP) is 4.45. The third kappa shape index (κ3) is 13.2. The minimum absolute atomic E-state index is 0.0400. The molecule has 0 saturated carbocycles. The molecule has 2 atom stereocenters. The highest BCUT2D eigenvalue weighted by Crippen LogP contribution is 2.24. The molecule has 1 fully saturated rings. The maximum Gasteiger partial charge on any atom is 0.339 e. The van der Waals surface area contributed by atoms with Crippen molar-refractivity contribution in [2.45, 2.75) is 71.6 Å². The van der Waals surface area contributed by atoms with Crippen LogP contribution in [0.1, 0.15) is 58.1 Å². The number of amides is 1. The fourth-order valence-electron chi connectivity index (χ4n) is 5.54. The van der Waals surface area contributed by atoms with Crippen LogP contribution in [0, 0.1) is 24.2 Å². The van der Waals surface area contributed by atoms with Crippen LogP contribution in [0.3, 0.4) is 0 Å². The molecule has 2 aromatic carbocycles. The Bertz CT molecular complexity index is 1410. The molecule has 50 heavy (non-hydrogen) atoms. The Morgan fingerprint density at radius 2 is 1.66 bits per heavy atom. The number of hydrogen-bond acceptors (Lipinski definition) is 10. The molecule has 11 heteroatoms. The summed E-state index contributed by atoms with van der Waals surface area (Å²) in [5.74, 6) is 0.183. The SMILES string of the molecule is C#CCOC(C)(C)C(=O)OCN(C(=O)[C@H](CCc1ccccc1)CC(=O)CN1CCOCC1)[C@@H](CC(C)C)C(=O)OCc1ccc(OC)cc1. The average molecular weight is 693 g/mol. The lowest BCUT2D eigenvalue weighted by Crippen LogP contribution is -2.51. The molecule has 2 aromatic rings. The summed E-state index contributed by atoms with van der Waals surface area (Å²) in [6.07, 6.45) is 6.39. The summed E-state index contributed by atoms with van der Waals surface area (Å²) in [6, 6.07) is 15.7. The van der Waals surface area contributed by atoms with Crippen molar-refractivity contribution in [3.05, 3.63) is 65.7 Å². The van der Waals surface area contributed by atoms with E-state index in [2.05, 4.69) is 5.92 Å². The fourth-order valence-corrected chi connectivity index (χ4v) is 5.54. The van der Waals surface area contributed by atoms with E-state index in [4.69, 9.17) is 30.1 Å². The number of carbonyl (C=O) groups excluding carboxylic acids is 4. The second-order valence-electron chi connectivity index (χ2n) is 13.3. The number of methoxy groups -OCH3 is 1. The summed E-state index contributed by atoms with van der Waals surface area (Å²) < 4.78 is 27.6. The monoisotopic (exact) mass is 692 g/mol. The highest BCUT2D eigenvalue weighted by atomic mass is 16.6. The molecule has 0 bridgehead atoms. The van der Waals surface area contributed by atoms with Gasteiger partial charge in [-0.2, -0.15) is 0 Å². The number of benzene rings is 2. The van der Waals surface area contributed by atoms with Gasteiger partial charge in [0.2, 0.25) is 5.91 Å². The Kier molecular flexibility index (Phi) is 16.4. The summed E-state index contributed by atoms with van der Waals surface area (Å²) >= 11 is 0. The predicted molar refractivity (Wildman–Crippen MR) is 188 cm³/mol. The first-order chi connectivity index (χ1) is 23.9. The third-order valence-electron chi connectivity index (χ3n) is 8.46. The lowest BCUT2D eigenvalue weighted by atomic mass is 9.91. The molecular formula is C39H52N2O9. The normalized spacial score (nSPS) is 14.7. The van der Waals surface area contributed by atoms with Crippen LogP contribution in [-0.2, 0) is 51.2 Å². The zero-order valence-electron chi connectivity index (χ0n) is 30.1. The Morgan fingerprint density at radius 1 is 0.980 bits per heavy atom. The largest absolute Gasteiger partial charge is 0.497 e. The molecule has 3 rings (SSSR count). The van der Waals surface area contributed by atoms with Crippen molar-refractivity contribution in [2.75, 3.05) is 53.3 Å². The first-order valence-corrected chi connectivity index (χ1v) is 17.1. The van der Waals surface area contributed by atoms with Gasteiger partial charge in [-0.3, -0.25) is 19.4 Å². The van der Waals surface area contributed by atoms with Crippen LogP contribution in [0.15, 0.2) is 54.6 Å². The van der Waals surface area contributed by atoms with Crippen molar-refractivity contribution in [3.63, 3.8) is 0 Å². The summed E-state index contributed by atoms with van der Waals surface area (Å²) in [7, 11) is 1.57. The van der Waals surface area contributed by atoms with Gasteiger partial charge in [0.25, 0.3) is 0 Å². The molecule has 0 N–H and O–H groups in total. The van der Waals surface area contributed by atoms with Gasteiger partial charge >= 0.3 is 11.9 Å². The van der Waals surface area contributed by atoms with E-state index in [9.17, 15) is 19.2 Å². The summed E-state index contributed by atoms with van der Waals surface area (Å²) in [4.78, 5) is 58.5. The van der Waals surface area contributed by atoms with Crippen LogP contribution in [0.5, 0.6) is 5.75 Å². The lowest BCUT2D eigenvalue weighted by molar-refractivity contribution is -0.179. The van der Waals surface area contributed by atoms with Gasteiger partial charge in [0.1, 0.15) is 30.8 Å². The summed E-state index contributed by atoms with van der Waals surface area (Å²) in [5, 5.41) is 0. The van der Waals surface area contributed by atoms with Gasteiger partial charge in [-0.1, -0.05) is 62.2 Å². The van der Waals surface area contributed by atoms with E-state index in [1.807, 2.05) is 49.1 Å². The van der Waals surface area contributed by atoms with Crippen LogP contribution >= 0.6 is 0 Å². The number of nitrogens with zero attached hydrogens (tertiary/aromatic N) is 2. The van der Waals surface area contributed by atoms with E-state index in [0.717, 1.165) is 11.1 Å². The van der Waals surface area contributed by atoms with Gasteiger partial charge in [-0.15, -0.1) is 6.42 Å². The van der Waals surface area contributed by atoms with E-state index < -0.39 is 42.1 Å². The van der Waals surface area contributed by atoms with E-state index in [-0.39, 0.29) is 44.3 Å². The molecule has 1 amide bonds. The van der Waals surface area contributed by atoms with Gasteiger partial charge in [-0.25, -0.2) is 9.59 Å². The molecule has 0 aromatic heterocycles. The third-order valence-corrected chi connectivity index (χ3v) is 8.46. The molecule has 0 unspecified atom stereocenters. The van der Waals surface area contributed by atoms with Crippen LogP contribution < -0.4 is 4.74 Å². The molecule has 0 spiro atoms. The standard InChI is InChI=1S/C39H52N2O9/c1-7-21-50-39(4,5)38(45)49-28-41(35(24-29(2)3)37(44)48-27-31-14-17-34(46-6)18-15-31)36(43)32(16-13-30-11-9-8-10-12-30)25-33(42)26-40-19-22-47-23-20-40/h1,8-12,14-15,17-18,29,32,35H,13,16,19-28H2,2-6H3/t32-,35+/m1/s1. The van der Waals surface area contributed by atoms with Crippen LogP contribution in [-0.4, -0.2) is 98.4 Å². The number of ketones is 1. The molecular weight excluding hydrogens is 640 g/mol. The fraction of sp³-hybridized carbons (Fsp3) is 0.538. The minimum Gasteiger partial charge on any atom is -0.497 e. The number of aryl methyl sites for hydroxylation is 1. The van der Waals surface area contributed by atoms with Gasteiger partial charge in [-0.05, 0) is 62.3 Å². The molecule has 1 aliphatic rings. The Hall–Kier alpha value is -4.24. The smallest absolute Gasteiger partial charge is 0.339 e. The van der Waals surface area contributed by atoms with Crippen LogP contribution in [0.25, 0.3) is 0 Å². The van der Waals surface area contributed by atoms with Crippen molar-refractivity contribution in [1.29, 1.82) is 0 Å². The number of carbonyl (C=O) groups is 4. The highest BCUT2D eigenvalue weighted by Gasteiger charge is 2.38. The Balaban J connectivity index is 1.92. The van der Waals surface area contributed by atoms with Crippen molar-refractivity contribution in [2.24, 2.45) is 11.8 Å².